The third kappa shape index (κ3) is 4.50. The van der Waals surface area contributed by atoms with Crippen LogP contribution in [0.2, 0.25) is 0 Å². The highest BCUT2D eigenvalue weighted by Crippen LogP contribution is 2.23. The Hall–Kier alpha value is -3.64. The second-order valence-electron chi connectivity index (χ2n) is 7.94. The molecule has 0 radical (unpaired) electrons. The minimum Gasteiger partial charge on any atom is -0.389 e. The molecule has 162 valence electrons. The zero-order valence-corrected chi connectivity index (χ0v) is 19.0. The summed E-state index contributed by atoms with van der Waals surface area (Å²) in [6.07, 6.45) is 0. The summed E-state index contributed by atoms with van der Waals surface area (Å²) >= 11 is 5.13. The van der Waals surface area contributed by atoms with Crippen LogP contribution in [-0.2, 0) is 13.1 Å². The molecule has 0 fully saturated rings. The maximum atomic E-state index is 13.3. The fourth-order valence-corrected chi connectivity index (χ4v) is 4.06. The molecule has 1 aromatic heterocycles. The molecule has 3 aromatic carbocycles. The van der Waals surface area contributed by atoms with E-state index in [-0.39, 0.29) is 5.91 Å². The van der Waals surface area contributed by atoms with E-state index in [4.69, 9.17) is 18.0 Å². The van der Waals surface area contributed by atoms with Crippen LogP contribution in [0.3, 0.4) is 0 Å². The van der Waals surface area contributed by atoms with Gasteiger partial charge in [-0.05, 0) is 35.4 Å². The first-order valence-electron chi connectivity index (χ1n) is 10.4. The summed E-state index contributed by atoms with van der Waals surface area (Å²) in [5, 5.41) is 4.12. The Morgan fingerprint density at radius 3 is 2.53 bits per heavy atom. The number of nitrogens with two attached hydrogens (primary N) is 1. The first-order chi connectivity index (χ1) is 15.4. The Bertz CT molecular complexity index is 1290. The number of thiocarbonyl (C=S) groups is 1. The number of aromatic nitrogens is 1. The zero-order chi connectivity index (χ0) is 22.7. The number of amides is 1. The van der Waals surface area contributed by atoms with Gasteiger partial charge in [-0.2, -0.15) is 0 Å². The molecule has 0 unspecified atom stereocenters. The third-order valence-electron chi connectivity index (χ3n) is 5.51. The number of fused-ring (bicyclic) bond motifs is 1. The van der Waals surface area contributed by atoms with Gasteiger partial charge in [0.25, 0.3) is 5.91 Å². The molecule has 1 heterocycles. The Balaban J connectivity index is 1.65. The van der Waals surface area contributed by atoms with Crippen LogP contribution in [-0.4, -0.2) is 29.6 Å². The van der Waals surface area contributed by atoms with Crippen LogP contribution in [0, 0.1) is 0 Å². The first kappa shape index (κ1) is 21.6. The largest absolute Gasteiger partial charge is 0.389 e. The summed E-state index contributed by atoms with van der Waals surface area (Å²) in [6.45, 7) is 0.993. The van der Waals surface area contributed by atoms with E-state index in [1.54, 1.807) is 0 Å². The molecule has 32 heavy (non-hydrogen) atoms. The minimum atomic E-state index is -0.111. The molecule has 0 saturated heterocycles. The minimum absolute atomic E-state index is 0.111. The Morgan fingerprint density at radius 1 is 1.00 bits per heavy atom. The van der Waals surface area contributed by atoms with E-state index in [1.165, 1.54) is 0 Å². The van der Waals surface area contributed by atoms with Crippen LogP contribution >= 0.6 is 12.2 Å². The Morgan fingerprint density at radius 2 is 1.75 bits per heavy atom. The molecule has 4 aromatic rings. The van der Waals surface area contributed by atoms with Crippen molar-refractivity contribution in [1.82, 2.24) is 9.88 Å². The van der Waals surface area contributed by atoms with Crippen LogP contribution < -0.4 is 16.0 Å². The normalized spacial score (nSPS) is 10.8. The van der Waals surface area contributed by atoms with E-state index in [0.717, 1.165) is 33.3 Å². The van der Waals surface area contributed by atoms with Crippen LogP contribution in [0.25, 0.3) is 10.9 Å². The van der Waals surface area contributed by atoms with E-state index in [2.05, 4.69) is 5.32 Å². The highest BCUT2D eigenvalue weighted by Gasteiger charge is 2.16. The van der Waals surface area contributed by atoms with Crippen molar-refractivity contribution in [3.05, 3.63) is 101 Å². The van der Waals surface area contributed by atoms with Crippen molar-refractivity contribution in [2.45, 2.75) is 13.1 Å². The molecule has 4 rings (SSSR count). The number of rotatable bonds is 7. The molecular formula is C26H26N4OS. The fourth-order valence-electron chi connectivity index (χ4n) is 3.94. The van der Waals surface area contributed by atoms with Crippen LogP contribution in [0.4, 0.5) is 5.69 Å². The molecule has 0 aliphatic heterocycles. The van der Waals surface area contributed by atoms with Gasteiger partial charge in [-0.25, -0.2) is 0 Å². The summed E-state index contributed by atoms with van der Waals surface area (Å²) in [4.78, 5) is 15.7. The molecule has 0 saturated carbocycles. The average molecular weight is 443 g/mol. The monoisotopic (exact) mass is 442 g/mol. The highest BCUT2D eigenvalue weighted by atomic mass is 32.1. The van der Waals surface area contributed by atoms with Crippen molar-refractivity contribution in [3.63, 3.8) is 0 Å². The quantitative estimate of drug-likeness (QED) is 0.419. The molecule has 6 heteroatoms. The van der Waals surface area contributed by atoms with Gasteiger partial charge in [-0.1, -0.05) is 66.8 Å². The Labute approximate surface area is 193 Å². The number of nitrogens with zero attached hydrogens (tertiary/aromatic N) is 2. The zero-order valence-electron chi connectivity index (χ0n) is 18.2. The van der Waals surface area contributed by atoms with Gasteiger partial charge in [0, 0.05) is 49.3 Å². The van der Waals surface area contributed by atoms with E-state index >= 15 is 0 Å². The molecule has 3 N–H and O–H groups in total. The van der Waals surface area contributed by atoms with Crippen molar-refractivity contribution >= 4 is 39.7 Å². The number of para-hydroxylation sites is 2. The van der Waals surface area contributed by atoms with Gasteiger partial charge >= 0.3 is 0 Å². The topological polar surface area (TPSA) is 63.3 Å². The van der Waals surface area contributed by atoms with Crippen molar-refractivity contribution in [1.29, 1.82) is 0 Å². The van der Waals surface area contributed by atoms with Crippen molar-refractivity contribution < 1.29 is 4.79 Å². The van der Waals surface area contributed by atoms with Gasteiger partial charge in [0.2, 0.25) is 0 Å². The lowest BCUT2D eigenvalue weighted by Gasteiger charge is -2.18. The Kier molecular flexibility index (Phi) is 6.23. The number of carbonyl (C=O) groups excluding carboxylic acids is 1. The lowest BCUT2D eigenvalue weighted by Crippen LogP contribution is -2.26. The molecule has 0 aliphatic carbocycles. The van der Waals surface area contributed by atoms with Gasteiger partial charge in [0.1, 0.15) is 10.7 Å². The third-order valence-corrected chi connectivity index (χ3v) is 5.74. The molecular weight excluding hydrogens is 416 g/mol. The number of hydrogen-bond donors (Lipinski definition) is 2. The van der Waals surface area contributed by atoms with E-state index < -0.39 is 0 Å². The molecule has 0 aliphatic rings. The van der Waals surface area contributed by atoms with Crippen LogP contribution in [0.15, 0.2) is 78.9 Å². The second kappa shape index (κ2) is 9.24. The standard InChI is InChI=1S/C26H26N4OS/c1-29(2)22-12-5-4-10-21(22)16-28-26(31)24-15-19-9-3-6-13-23(19)30(24)17-18-8-7-11-20(14-18)25(27)32/h3-15H,16-17H2,1-2H3,(H2,27,32)(H,28,31). The second-order valence-corrected chi connectivity index (χ2v) is 8.38. The van der Waals surface area contributed by atoms with E-state index in [1.807, 2.05) is 102 Å². The van der Waals surface area contributed by atoms with Gasteiger partial charge in [-0.15, -0.1) is 0 Å². The lowest BCUT2D eigenvalue weighted by molar-refractivity contribution is 0.0942. The van der Waals surface area contributed by atoms with Crippen molar-refractivity contribution in [2.75, 3.05) is 19.0 Å². The number of anilines is 1. The summed E-state index contributed by atoms with van der Waals surface area (Å²) in [7, 11) is 4.00. The maximum Gasteiger partial charge on any atom is 0.268 e. The SMILES string of the molecule is CN(C)c1ccccc1CNC(=O)c1cc2ccccc2n1Cc1cccc(C(N)=S)c1. The van der Waals surface area contributed by atoms with E-state index in [0.29, 0.717) is 23.8 Å². The predicted octanol–water partition coefficient (Wildman–Crippen LogP) is 4.32. The number of nitrogens with one attached hydrogen (secondary N) is 1. The summed E-state index contributed by atoms with van der Waals surface area (Å²) in [5.74, 6) is -0.111. The summed E-state index contributed by atoms with van der Waals surface area (Å²) in [6, 6.07) is 25.9. The smallest absolute Gasteiger partial charge is 0.268 e. The average Bonchev–Trinajstić information content (AvgIpc) is 3.16. The van der Waals surface area contributed by atoms with Gasteiger partial charge in [-0.3, -0.25) is 4.79 Å². The lowest BCUT2D eigenvalue weighted by atomic mass is 10.1. The summed E-state index contributed by atoms with van der Waals surface area (Å²) < 4.78 is 2.04. The van der Waals surface area contributed by atoms with Gasteiger partial charge in [0.15, 0.2) is 0 Å². The number of hydrogen-bond acceptors (Lipinski definition) is 3. The number of carbonyl (C=O) groups is 1. The molecule has 1 amide bonds. The predicted molar refractivity (Wildman–Crippen MR) is 135 cm³/mol. The highest BCUT2D eigenvalue weighted by molar-refractivity contribution is 7.80. The van der Waals surface area contributed by atoms with Crippen LogP contribution in [0.5, 0.6) is 0 Å². The summed E-state index contributed by atoms with van der Waals surface area (Å²) in [5.41, 5.74) is 11.4. The van der Waals surface area contributed by atoms with Crippen molar-refractivity contribution in [2.24, 2.45) is 5.73 Å². The first-order valence-corrected chi connectivity index (χ1v) is 10.9. The molecule has 0 bridgehead atoms. The molecule has 5 nitrogen and oxygen atoms in total. The van der Waals surface area contributed by atoms with Crippen molar-refractivity contribution in [3.8, 4) is 0 Å². The number of benzene rings is 3. The van der Waals surface area contributed by atoms with E-state index in [9.17, 15) is 4.79 Å². The van der Waals surface area contributed by atoms with Gasteiger partial charge in [0.05, 0.1) is 0 Å². The fraction of sp³-hybridized carbons (Fsp3) is 0.154. The maximum absolute atomic E-state index is 13.3. The molecule has 0 atom stereocenters. The van der Waals surface area contributed by atoms with Gasteiger partial charge < -0.3 is 20.5 Å². The van der Waals surface area contributed by atoms with Crippen LogP contribution in [0.1, 0.15) is 27.2 Å². The molecule has 0 spiro atoms.